The van der Waals surface area contributed by atoms with E-state index >= 15 is 0 Å². The van der Waals surface area contributed by atoms with Gasteiger partial charge in [-0.1, -0.05) is 34.1 Å². The third-order valence-corrected chi connectivity index (χ3v) is 6.04. The van der Waals surface area contributed by atoms with E-state index in [9.17, 15) is 5.11 Å². The van der Waals surface area contributed by atoms with E-state index in [1.165, 1.54) is 10.9 Å². The van der Waals surface area contributed by atoms with Crippen LogP contribution in [-0.4, -0.2) is 41.3 Å². The highest BCUT2D eigenvalue weighted by Gasteiger charge is 2.31. The molecule has 2 N–H and O–H groups in total. The van der Waals surface area contributed by atoms with Crippen LogP contribution in [-0.2, 0) is 4.74 Å². The van der Waals surface area contributed by atoms with Crippen LogP contribution in [0.3, 0.4) is 0 Å². The zero-order valence-corrected chi connectivity index (χ0v) is 17.6. The van der Waals surface area contributed by atoms with Gasteiger partial charge in [0, 0.05) is 45.3 Å². The molecule has 1 fully saturated rings. The lowest BCUT2D eigenvalue weighted by atomic mass is 9.93. The average Bonchev–Trinajstić information content (AvgIpc) is 2.96. The van der Waals surface area contributed by atoms with E-state index in [4.69, 9.17) is 4.74 Å². The Morgan fingerprint density at radius 1 is 1.15 bits per heavy atom. The van der Waals surface area contributed by atoms with Gasteiger partial charge in [-0.05, 0) is 41.1 Å². The van der Waals surface area contributed by atoms with Gasteiger partial charge in [-0.3, -0.25) is 4.90 Å². The number of para-hydroxylation sites is 1. The van der Waals surface area contributed by atoms with Crippen molar-refractivity contribution < 1.29 is 9.84 Å². The van der Waals surface area contributed by atoms with Gasteiger partial charge in [0.2, 0.25) is 0 Å². The number of aromatic amines is 1. The van der Waals surface area contributed by atoms with Crippen LogP contribution in [0.15, 0.2) is 45.3 Å². The molecule has 4 rings (SSSR count). The highest BCUT2D eigenvalue weighted by Crippen LogP contribution is 2.43. The maximum absolute atomic E-state index is 10.8. The number of aromatic nitrogens is 1. The number of benzene rings is 2. The van der Waals surface area contributed by atoms with Crippen molar-refractivity contribution >= 4 is 42.8 Å². The van der Waals surface area contributed by atoms with Crippen molar-refractivity contribution in [3.63, 3.8) is 0 Å². The fraction of sp³-hybridized carbons (Fsp3) is 0.300. The third-order valence-electron chi connectivity index (χ3n) is 4.98. The lowest BCUT2D eigenvalue weighted by Crippen LogP contribution is -2.39. The normalized spacial score (nSPS) is 16.9. The zero-order chi connectivity index (χ0) is 18.3. The SMILES string of the molecule is Cc1[nH]c2ccccc2c1[C@@H](c1cc(Br)cc(Br)c1O)N1CCOCC1. The summed E-state index contributed by atoms with van der Waals surface area (Å²) in [6.07, 6.45) is 0. The van der Waals surface area contributed by atoms with E-state index in [1.54, 1.807) is 0 Å². The van der Waals surface area contributed by atoms with Crippen LogP contribution < -0.4 is 0 Å². The number of H-pyrrole nitrogens is 1. The largest absolute Gasteiger partial charge is 0.506 e. The second kappa shape index (κ2) is 7.35. The molecule has 0 radical (unpaired) electrons. The molecule has 2 aromatic carbocycles. The van der Waals surface area contributed by atoms with Crippen molar-refractivity contribution in [2.45, 2.75) is 13.0 Å². The Hall–Kier alpha value is -1.34. The van der Waals surface area contributed by atoms with E-state index < -0.39 is 0 Å². The first-order valence-corrected chi connectivity index (χ1v) is 10.2. The molecule has 136 valence electrons. The third kappa shape index (κ3) is 3.20. The zero-order valence-electron chi connectivity index (χ0n) is 14.4. The fourth-order valence-corrected chi connectivity index (χ4v) is 5.07. The van der Waals surface area contributed by atoms with Crippen molar-refractivity contribution in [1.82, 2.24) is 9.88 Å². The molecule has 1 saturated heterocycles. The van der Waals surface area contributed by atoms with Crippen molar-refractivity contribution in [2.75, 3.05) is 26.3 Å². The first-order chi connectivity index (χ1) is 12.6. The van der Waals surface area contributed by atoms with E-state index in [0.717, 1.165) is 34.3 Å². The Morgan fingerprint density at radius 2 is 1.88 bits per heavy atom. The number of hydrogen-bond donors (Lipinski definition) is 2. The Morgan fingerprint density at radius 3 is 2.65 bits per heavy atom. The molecule has 0 aliphatic carbocycles. The monoisotopic (exact) mass is 478 g/mol. The summed E-state index contributed by atoms with van der Waals surface area (Å²) in [7, 11) is 0. The molecule has 2 heterocycles. The first-order valence-electron chi connectivity index (χ1n) is 8.63. The number of morpholine rings is 1. The topological polar surface area (TPSA) is 48.5 Å². The van der Waals surface area contributed by atoms with E-state index in [1.807, 2.05) is 18.2 Å². The molecule has 3 aromatic rings. The van der Waals surface area contributed by atoms with Gasteiger partial charge < -0.3 is 14.8 Å². The van der Waals surface area contributed by atoms with Gasteiger partial charge in [-0.15, -0.1) is 0 Å². The van der Waals surface area contributed by atoms with Crippen molar-refractivity contribution in [2.24, 2.45) is 0 Å². The summed E-state index contributed by atoms with van der Waals surface area (Å²) in [5.41, 5.74) is 4.34. The molecule has 0 unspecified atom stereocenters. The van der Waals surface area contributed by atoms with Crippen molar-refractivity contribution in [1.29, 1.82) is 0 Å². The Labute approximate surface area is 169 Å². The molecule has 1 aliphatic rings. The number of rotatable bonds is 3. The first kappa shape index (κ1) is 18.0. The number of nitrogens with one attached hydrogen (secondary N) is 1. The predicted octanol–water partition coefficient (Wildman–Crippen LogP) is 5.13. The Balaban J connectivity index is 1.96. The summed E-state index contributed by atoms with van der Waals surface area (Å²) in [6, 6.07) is 12.2. The standard InChI is InChI=1S/C20H20Br2N2O2/c1-12-18(14-4-2-3-5-17(14)23-12)19(24-6-8-26-9-7-24)15-10-13(21)11-16(22)20(15)25/h2-5,10-11,19,23,25H,6-9H2,1H3/t19-/m1/s1. The number of ether oxygens (including phenoxy) is 1. The minimum Gasteiger partial charge on any atom is -0.506 e. The second-order valence-electron chi connectivity index (χ2n) is 6.59. The van der Waals surface area contributed by atoms with Crippen LogP contribution in [0.4, 0.5) is 0 Å². The van der Waals surface area contributed by atoms with Gasteiger partial charge in [0.05, 0.1) is 23.7 Å². The molecular weight excluding hydrogens is 460 g/mol. The number of aryl methyl sites for hydroxylation is 1. The molecule has 1 aliphatic heterocycles. The molecule has 0 spiro atoms. The summed E-state index contributed by atoms with van der Waals surface area (Å²) in [6.45, 7) is 5.16. The highest BCUT2D eigenvalue weighted by molar-refractivity contribution is 9.11. The van der Waals surface area contributed by atoms with Crippen LogP contribution in [0.2, 0.25) is 0 Å². The van der Waals surface area contributed by atoms with Gasteiger partial charge >= 0.3 is 0 Å². The Kier molecular flexibility index (Phi) is 5.10. The van der Waals surface area contributed by atoms with E-state index in [2.05, 4.69) is 66.9 Å². The number of halogens is 2. The van der Waals surface area contributed by atoms with Crippen LogP contribution >= 0.6 is 31.9 Å². The lowest BCUT2D eigenvalue weighted by molar-refractivity contribution is 0.0237. The quantitative estimate of drug-likeness (QED) is 0.547. The molecule has 0 bridgehead atoms. The average molecular weight is 480 g/mol. The summed E-state index contributed by atoms with van der Waals surface area (Å²) in [5, 5.41) is 12.0. The highest BCUT2D eigenvalue weighted by atomic mass is 79.9. The van der Waals surface area contributed by atoms with Gasteiger partial charge in [0.15, 0.2) is 0 Å². The molecular formula is C20H20Br2N2O2. The second-order valence-corrected chi connectivity index (χ2v) is 8.36. The van der Waals surface area contributed by atoms with Gasteiger partial charge in [0.1, 0.15) is 5.75 Å². The molecule has 1 atom stereocenters. The van der Waals surface area contributed by atoms with Crippen LogP contribution in [0.5, 0.6) is 5.75 Å². The number of fused-ring (bicyclic) bond motifs is 1. The molecule has 1 aromatic heterocycles. The maximum atomic E-state index is 10.8. The van der Waals surface area contributed by atoms with Crippen molar-refractivity contribution in [3.05, 3.63) is 62.2 Å². The smallest absolute Gasteiger partial charge is 0.134 e. The van der Waals surface area contributed by atoms with E-state index in [-0.39, 0.29) is 11.8 Å². The molecule has 0 amide bonds. The molecule has 26 heavy (non-hydrogen) atoms. The van der Waals surface area contributed by atoms with Crippen LogP contribution in [0.25, 0.3) is 10.9 Å². The number of hydrogen-bond acceptors (Lipinski definition) is 3. The number of nitrogens with zero attached hydrogens (tertiary/aromatic N) is 1. The van der Waals surface area contributed by atoms with Crippen LogP contribution in [0.1, 0.15) is 22.9 Å². The minimum atomic E-state index is -0.0520. The number of phenolic OH excluding ortho intramolecular Hbond substituents is 1. The summed E-state index contributed by atoms with van der Waals surface area (Å²) in [4.78, 5) is 5.89. The Bertz CT molecular complexity index is 948. The van der Waals surface area contributed by atoms with Crippen LogP contribution in [0, 0.1) is 6.92 Å². The summed E-state index contributed by atoms with van der Waals surface area (Å²) < 4.78 is 7.20. The van der Waals surface area contributed by atoms with Gasteiger partial charge in [0.25, 0.3) is 0 Å². The molecule has 0 saturated carbocycles. The van der Waals surface area contributed by atoms with E-state index in [0.29, 0.717) is 17.7 Å². The van der Waals surface area contributed by atoms with Gasteiger partial charge in [-0.25, -0.2) is 0 Å². The molecule has 6 heteroatoms. The molecule has 4 nitrogen and oxygen atoms in total. The minimum absolute atomic E-state index is 0.0520. The predicted molar refractivity (Wildman–Crippen MR) is 111 cm³/mol. The van der Waals surface area contributed by atoms with Crippen molar-refractivity contribution in [3.8, 4) is 5.75 Å². The number of aromatic hydroxyl groups is 1. The van der Waals surface area contributed by atoms with Gasteiger partial charge in [-0.2, -0.15) is 0 Å². The summed E-state index contributed by atoms with van der Waals surface area (Å²) in [5.74, 6) is 0.286. The maximum Gasteiger partial charge on any atom is 0.134 e. The summed E-state index contributed by atoms with van der Waals surface area (Å²) >= 11 is 7.07. The number of phenols is 1. The fourth-order valence-electron chi connectivity index (χ4n) is 3.82. The lowest BCUT2D eigenvalue weighted by Gasteiger charge is -2.35.